The Hall–Kier alpha value is -3.58. The van der Waals surface area contributed by atoms with Gasteiger partial charge in [0.25, 0.3) is 5.91 Å². The van der Waals surface area contributed by atoms with Crippen molar-refractivity contribution in [3.63, 3.8) is 0 Å². The van der Waals surface area contributed by atoms with Crippen molar-refractivity contribution in [3.05, 3.63) is 76.7 Å². The van der Waals surface area contributed by atoms with Gasteiger partial charge in [0, 0.05) is 5.56 Å². The Kier molecular flexibility index (Phi) is 5.54. The summed E-state index contributed by atoms with van der Waals surface area (Å²) in [5, 5.41) is 23.8. The molecular formula is C23H19N3O3S. The summed E-state index contributed by atoms with van der Waals surface area (Å²) in [6.07, 6.45) is 1.68. The van der Waals surface area contributed by atoms with Gasteiger partial charge in [0.1, 0.15) is 0 Å². The first-order valence-corrected chi connectivity index (χ1v) is 10.0. The van der Waals surface area contributed by atoms with E-state index in [4.69, 9.17) is 4.74 Å². The Balaban J connectivity index is 1.57. The molecule has 0 unspecified atom stereocenters. The van der Waals surface area contributed by atoms with Crippen LogP contribution in [0.4, 0.5) is 0 Å². The van der Waals surface area contributed by atoms with Crippen LogP contribution >= 0.6 is 11.8 Å². The highest BCUT2D eigenvalue weighted by atomic mass is 32.2. The first-order valence-electron chi connectivity index (χ1n) is 9.23. The molecule has 0 bridgehead atoms. The third-order valence-electron chi connectivity index (χ3n) is 4.62. The summed E-state index contributed by atoms with van der Waals surface area (Å²) in [4.78, 5) is 12.7. The van der Waals surface area contributed by atoms with Gasteiger partial charge in [-0.15, -0.1) is 5.10 Å². The highest BCUT2D eigenvalue weighted by Gasteiger charge is 2.24. The molecule has 1 aliphatic heterocycles. The highest BCUT2D eigenvalue weighted by molar-refractivity contribution is 8.18. The number of nitrogens with zero attached hydrogens (tertiary/aromatic N) is 2. The number of methoxy groups -OCH3 is 1. The Labute approximate surface area is 178 Å². The van der Waals surface area contributed by atoms with Gasteiger partial charge in [0.2, 0.25) is 0 Å². The fourth-order valence-electron chi connectivity index (χ4n) is 3.14. The molecule has 0 spiro atoms. The van der Waals surface area contributed by atoms with Gasteiger partial charge in [-0.3, -0.25) is 10.1 Å². The van der Waals surface area contributed by atoms with Gasteiger partial charge in [-0.1, -0.05) is 48.5 Å². The number of carbonyl (C=O) groups excluding carboxylic acids is 1. The number of hydrogen-bond acceptors (Lipinski definition) is 6. The Bertz CT molecular complexity index is 1230. The summed E-state index contributed by atoms with van der Waals surface area (Å²) in [6, 6.07) is 19.1. The third-order valence-corrected chi connectivity index (χ3v) is 5.52. The number of ether oxygens (including phenoxy) is 1. The van der Waals surface area contributed by atoms with Crippen molar-refractivity contribution in [3.8, 4) is 11.5 Å². The number of phenols is 1. The Morgan fingerprint density at radius 3 is 2.73 bits per heavy atom. The van der Waals surface area contributed by atoms with E-state index in [1.54, 1.807) is 18.2 Å². The smallest absolute Gasteiger partial charge is 0.264 e. The summed E-state index contributed by atoms with van der Waals surface area (Å²) >= 11 is 1.20. The lowest BCUT2D eigenvalue weighted by molar-refractivity contribution is -0.115. The number of benzene rings is 3. The monoisotopic (exact) mass is 417 g/mol. The number of hydrogen-bond donors (Lipinski definition) is 2. The second kappa shape index (κ2) is 8.42. The number of aromatic hydroxyl groups is 1. The molecule has 30 heavy (non-hydrogen) atoms. The molecule has 0 radical (unpaired) electrons. The number of phenolic OH excluding ortho intramolecular Hbond substituents is 1. The summed E-state index contributed by atoms with van der Waals surface area (Å²) < 4.78 is 5.04. The van der Waals surface area contributed by atoms with Gasteiger partial charge in [0.05, 0.1) is 17.7 Å². The van der Waals surface area contributed by atoms with Crippen LogP contribution in [0.5, 0.6) is 11.5 Å². The van der Waals surface area contributed by atoms with E-state index in [2.05, 4.69) is 27.7 Å². The number of rotatable bonds is 4. The summed E-state index contributed by atoms with van der Waals surface area (Å²) in [6.45, 7) is 1.89. The van der Waals surface area contributed by atoms with E-state index in [1.165, 1.54) is 24.9 Å². The molecular weight excluding hydrogens is 398 g/mol. The van der Waals surface area contributed by atoms with Crippen LogP contribution in [0.15, 0.2) is 75.8 Å². The number of amidine groups is 1. The Morgan fingerprint density at radius 2 is 1.93 bits per heavy atom. The fraction of sp³-hybridized carbons (Fsp3) is 0.0870. The van der Waals surface area contributed by atoms with Crippen molar-refractivity contribution in [2.45, 2.75) is 6.92 Å². The van der Waals surface area contributed by atoms with Gasteiger partial charge in [0.15, 0.2) is 16.7 Å². The number of carbonyl (C=O) groups is 1. The van der Waals surface area contributed by atoms with E-state index < -0.39 is 0 Å². The largest absolute Gasteiger partial charge is 0.504 e. The van der Waals surface area contributed by atoms with Gasteiger partial charge >= 0.3 is 0 Å². The summed E-state index contributed by atoms with van der Waals surface area (Å²) in [5.74, 6) is 0.132. The van der Waals surface area contributed by atoms with Crippen molar-refractivity contribution in [1.82, 2.24) is 5.32 Å². The zero-order chi connectivity index (χ0) is 21.1. The topological polar surface area (TPSA) is 83.3 Å². The van der Waals surface area contributed by atoms with Crippen molar-refractivity contribution in [2.24, 2.45) is 10.2 Å². The number of nitrogens with one attached hydrogen (secondary N) is 1. The van der Waals surface area contributed by atoms with E-state index in [9.17, 15) is 9.90 Å². The van der Waals surface area contributed by atoms with E-state index >= 15 is 0 Å². The normalized spacial score (nSPS) is 17.0. The molecule has 6 nitrogen and oxygen atoms in total. The van der Waals surface area contributed by atoms with Crippen LogP contribution in [0.1, 0.15) is 18.1 Å². The zero-order valence-corrected chi connectivity index (χ0v) is 17.2. The minimum Gasteiger partial charge on any atom is -0.504 e. The van der Waals surface area contributed by atoms with E-state index in [0.29, 0.717) is 21.4 Å². The molecule has 0 saturated carbocycles. The van der Waals surface area contributed by atoms with Gasteiger partial charge in [-0.05, 0) is 53.2 Å². The standard InChI is InChI=1S/C23H19N3O3S/c1-14(17-9-5-7-16-6-3-4-8-18(16)17)25-26-23-24-22(28)21(30-23)13-15-10-11-20(29-2)19(27)12-15/h3-13,27H,1-2H3,(H,24,26,28)/b21-13-,25-14-. The predicted molar refractivity (Wildman–Crippen MR) is 122 cm³/mol. The first-order chi connectivity index (χ1) is 14.5. The van der Waals surface area contributed by atoms with Gasteiger partial charge in [-0.25, -0.2) is 0 Å². The molecule has 1 fully saturated rings. The molecule has 1 saturated heterocycles. The van der Waals surface area contributed by atoms with Crippen molar-refractivity contribution in [1.29, 1.82) is 0 Å². The molecule has 4 rings (SSSR count). The highest BCUT2D eigenvalue weighted by Crippen LogP contribution is 2.30. The van der Waals surface area contributed by atoms with Crippen LogP contribution in [-0.4, -0.2) is 29.0 Å². The van der Waals surface area contributed by atoms with Crippen LogP contribution < -0.4 is 10.1 Å². The lowest BCUT2D eigenvalue weighted by atomic mass is 10.0. The molecule has 0 aliphatic carbocycles. The molecule has 1 heterocycles. The molecule has 3 aromatic carbocycles. The minimum atomic E-state index is -0.257. The molecule has 3 aromatic rings. The van der Waals surface area contributed by atoms with Gasteiger partial charge < -0.3 is 9.84 Å². The van der Waals surface area contributed by atoms with E-state index in [1.807, 2.05) is 37.3 Å². The molecule has 150 valence electrons. The Morgan fingerprint density at radius 1 is 1.13 bits per heavy atom. The average Bonchev–Trinajstić information content (AvgIpc) is 3.11. The number of fused-ring (bicyclic) bond motifs is 1. The van der Waals surface area contributed by atoms with E-state index in [-0.39, 0.29) is 11.7 Å². The molecule has 2 N–H and O–H groups in total. The predicted octanol–water partition coefficient (Wildman–Crippen LogP) is 4.54. The molecule has 1 amide bonds. The lowest BCUT2D eigenvalue weighted by Crippen LogP contribution is -2.19. The quantitative estimate of drug-likeness (QED) is 0.371. The second-order valence-corrected chi connectivity index (χ2v) is 7.64. The third kappa shape index (κ3) is 4.06. The first kappa shape index (κ1) is 19.7. The maximum absolute atomic E-state index is 12.3. The second-order valence-electron chi connectivity index (χ2n) is 6.61. The average molecular weight is 417 g/mol. The van der Waals surface area contributed by atoms with Crippen LogP contribution in [0.25, 0.3) is 16.8 Å². The van der Waals surface area contributed by atoms with Crippen LogP contribution in [0.3, 0.4) is 0 Å². The van der Waals surface area contributed by atoms with Crippen molar-refractivity contribution in [2.75, 3.05) is 7.11 Å². The van der Waals surface area contributed by atoms with Crippen molar-refractivity contribution < 1.29 is 14.6 Å². The summed E-state index contributed by atoms with van der Waals surface area (Å²) in [5.41, 5.74) is 2.44. The molecule has 0 aromatic heterocycles. The van der Waals surface area contributed by atoms with Crippen LogP contribution in [0.2, 0.25) is 0 Å². The van der Waals surface area contributed by atoms with E-state index in [0.717, 1.165) is 22.0 Å². The lowest BCUT2D eigenvalue weighted by Gasteiger charge is -2.04. The minimum absolute atomic E-state index is 0.0134. The number of thioether (sulfide) groups is 1. The maximum Gasteiger partial charge on any atom is 0.264 e. The van der Waals surface area contributed by atoms with Crippen LogP contribution in [-0.2, 0) is 4.79 Å². The van der Waals surface area contributed by atoms with Crippen LogP contribution in [0, 0.1) is 0 Å². The van der Waals surface area contributed by atoms with Crippen molar-refractivity contribution >= 4 is 45.4 Å². The summed E-state index contributed by atoms with van der Waals surface area (Å²) in [7, 11) is 1.48. The number of amides is 1. The maximum atomic E-state index is 12.3. The zero-order valence-electron chi connectivity index (χ0n) is 16.4. The molecule has 7 heteroatoms. The fourth-order valence-corrected chi connectivity index (χ4v) is 3.91. The van der Waals surface area contributed by atoms with Gasteiger partial charge in [-0.2, -0.15) is 5.10 Å². The molecule has 0 atom stereocenters. The SMILES string of the molecule is COc1ccc(/C=C2\S/C(=N/N=C(/C)c3cccc4ccccc34)NC2=O)cc1O. The molecule has 1 aliphatic rings.